The van der Waals surface area contributed by atoms with Crippen LogP contribution in [0.4, 0.5) is 0 Å². The van der Waals surface area contributed by atoms with Crippen LogP contribution < -0.4 is 5.73 Å². The third-order valence-electron chi connectivity index (χ3n) is 3.19. The van der Waals surface area contributed by atoms with Crippen LogP contribution in [0.2, 0.25) is 5.15 Å². The molecule has 0 saturated carbocycles. The summed E-state index contributed by atoms with van der Waals surface area (Å²) in [6.45, 7) is 0. The number of amides is 1. The predicted octanol–water partition coefficient (Wildman–Crippen LogP) is 2.98. The fraction of sp³-hybridized carbons (Fsp3) is 0.0625. The number of nitrogens with zero attached hydrogens (tertiary/aromatic N) is 2. The normalized spacial score (nSPS) is 10.7. The quantitative estimate of drug-likeness (QED) is 0.756. The molecule has 21 heavy (non-hydrogen) atoms. The van der Waals surface area contributed by atoms with Crippen LogP contribution in [-0.4, -0.2) is 15.9 Å². The summed E-state index contributed by atoms with van der Waals surface area (Å²) in [4.78, 5) is 19.8. The second-order valence-corrected chi connectivity index (χ2v) is 5.08. The molecule has 1 aromatic carbocycles. The van der Waals surface area contributed by atoms with Crippen LogP contribution in [0.3, 0.4) is 0 Å². The zero-order valence-electron chi connectivity index (χ0n) is 11.1. The fourth-order valence-electron chi connectivity index (χ4n) is 2.26. The minimum absolute atomic E-state index is 0.172. The number of carbonyl (C=O) groups excluding carboxylic acids is 1. The molecular formula is C16H12ClN3O. The van der Waals surface area contributed by atoms with Crippen molar-refractivity contribution >= 4 is 28.4 Å². The Kier molecular flexibility index (Phi) is 3.54. The van der Waals surface area contributed by atoms with E-state index in [0.717, 1.165) is 27.7 Å². The molecule has 0 spiro atoms. The van der Waals surface area contributed by atoms with Gasteiger partial charge in [0.05, 0.1) is 17.6 Å². The number of benzene rings is 1. The Labute approximate surface area is 126 Å². The second kappa shape index (κ2) is 5.50. The molecule has 2 aromatic heterocycles. The smallest absolute Gasteiger partial charge is 0.221 e. The van der Waals surface area contributed by atoms with Gasteiger partial charge in [-0.3, -0.25) is 4.79 Å². The topological polar surface area (TPSA) is 68.9 Å². The van der Waals surface area contributed by atoms with Gasteiger partial charge in [0.25, 0.3) is 0 Å². The van der Waals surface area contributed by atoms with Crippen molar-refractivity contribution < 1.29 is 4.79 Å². The van der Waals surface area contributed by atoms with E-state index >= 15 is 0 Å². The Morgan fingerprint density at radius 3 is 2.81 bits per heavy atom. The van der Waals surface area contributed by atoms with Gasteiger partial charge in [-0.15, -0.1) is 0 Å². The molecule has 2 heterocycles. The first kappa shape index (κ1) is 13.5. The maximum Gasteiger partial charge on any atom is 0.221 e. The van der Waals surface area contributed by atoms with E-state index < -0.39 is 0 Å². The Hall–Kier alpha value is -2.46. The summed E-state index contributed by atoms with van der Waals surface area (Å²) in [6, 6.07) is 13.2. The van der Waals surface area contributed by atoms with E-state index in [0.29, 0.717) is 5.15 Å². The molecule has 0 atom stereocenters. The first-order valence-electron chi connectivity index (χ1n) is 6.42. The lowest BCUT2D eigenvalue weighted by atomic mass is 10.0. The van der Waals surface area contributed by atoms with Crippen molar-refractivity contribution in [3.8, 4) is 11.3 Å². The Bertz CT molecular complexity index is 833. The van der Waals surface area contributed by atoms with Crippen LogP contribution in [0.15, 0.2) is 48.7 Å². The molecule has 0 saturated heterocycles. The van der Waals surface area contributed by atoms with E-state index in [2.05, 4.69) is 9.97 Å². The molecule has 0 aliphatic carbocycles. The van der Waals surface area contributed by atoms with Gasteiger partial charge in [0.2, 0.25) is 5.91 Å². The highest BCUT2D eigenvalue weighted by molar-refractivity contribution is 6.29. The molecule has 2 N–H and O–H groups in total. The number of hydrogen-bond donors (Lipinski definition) is 1. The van der Waals surface area contributed by atoms with Crippen molar-refractivity contribution in [2.75, 3.05) is 0 Å². The zero-order valence-corrected chi connectivity index (χ0v) is 11.8. The number of carbonyl (C=O) groups is 1. The number of primary amides is 1. The van der Waals surface area contributed by atoms with Crippen LogP contribution in [0, 0.1) is 0 Å². The average Bonchev–Trinajstić information content (AvgIpc) is 2.47. The van der Waals surface area contributed by atoms with Crippen LogP contribution in [0.1, 0.15) is 5.56 Å². The number of halogens is 1. The summed E-state index contributed by atoms with van der Waals surface area (Å²) < 4.78 is 0. The summed E-state index contributed by atoms with van der Waals surface area (Å²) in [6.07, 6.45) is 1.81. The van der Waals surface area contributed by atoms with Crippen molar-refractivity contribution in [2.45, 2.75) is 6.42 Å². The minimum Gasteiger partial charge on any atom is -0.369 e. The number of rotatable bonds is 3. The molecule has 0 fully saturated rings. The van der Waals surface area contributed by atoms with E-state index in [1.54, 1.807) is 12.3 Å². The second-order valence-electron chi connectivity index (χ2n) is 4.70. The SMILES string of the molecule is NC(=O)Cc1cccc2ccc(-c3ccnc(Cl)c3)nc12. The van der Waals surface area contributed by atoms with Gasteiger partial charge in [-0.2, -0.15) is 0 Å². The number of aromatic nitrogens is 2. The molecule has 0 bridgehead atoms. The highest BCUT2D eigenvalue weighted by Crippen LogP contribution is 2.24. The molecule has 3 rings (SSSR count). The largest absolute Gasteiger partial charge is 0.369 e. The lowest BCUT2D eigenvalue weighted by Crippen LogP contribution is -2.14. The minimum atomic E-state index is -0.373. The molecule has 0 aliphatic rings. The molecule has 0 radical (unpaired) electrons. The van der Waals surface area contributed by atoms with Gasteiger partial charge in [-0.05, 0) is 23.8 Å². The highest BCUT2D eigenvalue weighted by atomic mass is 35.5. The third kappa shape index (κ3) is 2.85. The van der Waals surface area contributed by atoms with Gasteiger partial charge in [0.1, 0.15) is 5.15 Å². The fourth-order valence-corrected chi connectivity index (χ4v) is 2.44. The first-order valence-corrected chi connectivity index (χ1v) is 6.80. The van der Waals surface area contributed by atoms with Crippen molar-refractivity contribution in [3.63, 3.8) is 0 Å². The van der Waals surface area contributed by atoms with Crippen LogP contribution >= 0.6 is 11.6 Å². The van der Waals surface area contributed by atoms with Gasteiger partial charge in [-0.25, -0.2) is 9.97 Å². The summed E-state index contributed by atoms with van der Waals surface area (Å²) >= 11 is 5.91. The number of fused-ring (bicyclic) bond motifs is 1. The van der Waals surface area contributed by atoms with Gasteiger partial charge in [0.15, 0.2) is 0 Å². The molecule has 0 unspecified atom stereocenters. The molecule has 104 valence electrons. The van der Waals surface area contributed by atoms with Crippen LogP contribution in [0.5, 0.6) is 0 Å². The van der Waals surface area contributed by atoms with Gasteiger partial charge >= 0.3 is 0 Å². The molecule has 4 nitrogen and oxygen atoms in total. The maximum atomic E-state index is 11.2. The Morgan fingerprint density at radius 2 is 2.05 bits per heavy atom. The van der Waals surface area contributed by atoms with Gasteiger partial charge < -0.3 is 5.73 Å². The monoisotopic (exact) mass is 297 g/mol. The zero-order chi connectivity index (χ0) is 14.8. The first-order chi connectivity index (χ1) is 10.1. The Morgan fingerprint density at radius 1 is 1.19 bits per heavy atom. The summed E-state index contributed by atoms with van der Waals surface area (Å²) in [7, 11) is 0. The lowest BCUT2D eigenvalue weighted by Gasteiger charge is -2.07. The Balaban J connectivity index is 2.16. The molecule has 1 amide bonds. The molecular weight excluding hydrogens is 286 g/mol. The number of nitrogens with two attached hydrogens (primary N) is 1. The van der Waals surface area contributed by atoms with Crippen LogP contribution in [-0.2, 0) is 11.2 Å². The van der Waals surface area contributed by atoms with E-state index in [9.17, 15) is 4.79 Å². The molecule has 5 heteroatoms. The van der Waals surface area contributed by atoms with E-state index in [1.165, 1.54) is 0 Å². The van der Waals surface area contributed by atoms with Crippen molar-refractivity contribution in [1.29, 1.82) is 0 Å². The number of pyridine rings is 2. The van der Waals surface area contributed by atoms with E-state index in [1.807, 2.05) is 36.4 Å². The van der Waals surface area contributed by atoms with Crippen LogP contribution in [0.25, 0.3) is 22.2 Å². The predicted molar refractivity (Wildman–Crippen MR) is 82.9 cm³/mol. The highest BCUT2D eigenvalue weighted by Gasteiger charge is 2.08. The number of para-hydroxylation sites is 1. The summed E-state index contributed by atoms with van der Waals surface area (Å²) in [5.41, 5.74) is 8.55. The number of hydrogen-bond acceptors (Lipinski definition) is 3. The van der Waals surface area contributed by atoms with Gasteiger partial charge in [-0.1, -0.05) is 35.9 Å². The molecule has 3 aromatic rings. The van der Waals surface area contributed by atoms with Crippen molar-refractivity contribution in [2.24, 2.45) is 5.73 Å². The maximum absolute atomic E-state index is 11.2. The average molecular weight is 298 g/mol. The standard InChI is InChI=1S/C16H12ClN3O/c17-14-8-11(6-7-19-14)13-5-4-10-2-1-3-12(9-15(18)21)16(10)20-13/h1-8H,9H2,(H2,18,21). The van der Waals surface area contributed by atoms with Crippen molar-refractivity contribution in [1.82, 2.24) is 9.97 Å². The van der Waals surface area contributed by atoms with E-state index in [-0.39, 0.29) is 12.3 Å². The molecule has 0 aliphatic heterocycles. The summed E-state index contributed by atoms with van der Waals surface area (Å²) in [5, 5.41) is 1.39. The third-order valence-corrected chi connectivity index (χ3v) is 3.40. The summed E-state index contributed by atoms with van der Waals surface area (Å²) in [5.74, 6) is -0.373. The van der Waals surface area contributed by atoms with Gasteiger partial charge in [0, 0.05) is 17.1 Å². The lowest BCUT2D eigenvalue weighted by molar-refractivity contribution is -0.117. The van der Waals surface area contributed by atoms with Crippen molar-refractivity contribution in [3.05, 3.63) is 59.4 Å². The van der Waals surface area contributed by atoms with E-state index in [4.69, 9.17) is 17.3 Å².